The molecule has 0 saturated carbocycles. The Bertz CT molecular complexity index is 966. The highest BCUT2D eigenvalue weighted by Gasteiger charge is 2.24. The van der Waals surface area contributed by atoms with Gasteiger partial charge < -0.3 is 9.84 Å². The van der Waals surface area contributed by atoms with Gasteiger partial charge in [-0.15, -0.1) is 10.2 Å². The van der Waals surface area contributed by atoms with E-state index in [1.54, 1.807) is 26.0 Å². The first-order chi connectivity index (χ1) is 13.0. The molecular formula is C18H21N5O3S. The summed E-state index contributed by atoms with van der Waals surface area (Å²) in [4.78, 5) is 0.0208. The van der Waals surface area contributed by atoms with Crippen molar-refractivity contribution in [3.8, 4) is 0 Å². The van der Waals surface area contributed by atoms with Gasteiger partial charge in [-0.05, 0) is 44.4 Å². The van der Waals surface area contributed by atoms with Crippen LogP contribution in [0.4, 0.5) is 11.6 Å². The quantitative estimate of drug-likeness (QED) is 0.572. The van der Waals surface area contributed by atoms with Crippen molar-refractivity contribution in [2.24, 2.45) is 0 Å². The van der Waals surface area contributed by atoms with Crippen LogP contribution in [0, 0.1) is 13.8 Å². The molecule has 0 bridgehead atoms. The lowest BCUT2D eigenvalue weighted by Gasteiger charge is -2.08. The van der Waals surface area contributed by atoms with Crippen molar-refractivity contribution in [2.75, 3.05) is 16.6 Å². The Balaban J connectivity index is 1.54. The molecule has 8 nitrogen and oxygen atoms in total. The van der Waals surface area contributed by atoms with E-state index < -0.39 is 10.0 Å². The van der Waals surface area contributed by atoms with Crippen molar-refractivity contribution < 1.29 is 12.9 Å². The molecule has 3 rings (SSSR count). The molecule has 0 spiro atoms. The van der Waals surface area contributed by atoms with Crippen LogP contribution in [0.5, 0.6) is 0 Å². The Morgan fingerprint density at radius 1 is 1.00 bits per heavy atom. The lowest BCUT2D eigenvalue weighted by molar-refractivity contribution is 0.390. The Morgan fingerprint density at radius 2 is 1.70 bits per heavy atom. The first-order valence-corrected chi connectivity index (χ1v) is 10.0. The zero-order valence-electron chi connectivity index (χ0n) is 15.1. The molecule has 3 aromatic rings. The Kier molecular flexibility index (Phi) is 5.70. The summed E-state index contributed by atoms with van der Waals surface area (Å²) in [6, 6.07) is 13.5. The van der Waals surface area contributed by atoms with Gasteiger partial charge in [0.1, 0.15) is 11.5 Å². The number of benzene rings is 1. The average molecular weight is 387 g/mol. The molecule has 9 heteroatoms. The zero-order chi connectivity index (χ0) is 19.3. The topological polar surface area (TPSA) is 110 Å². The number of anilines is 2. The smallest absolute Gasteiger partial charge is 0.268 e. The predicted octanol–water partition coefficient (Wildman–Crippen LogP) is 2.93. The molecule has 0 atom stereocenters. The summed E-state index contributed by atoms with van der Waals surface area (Å²) < 4.78 is 32.2. The second-order valence-corrected chi connectivity index (χ2v) is 7.70. The summed E-state index contributed by atoms with van der Waals surface area (Å²) in [6.45, 7) is 3.86. The van der Waals surface area contributed by atoms with E-state index in [1.807, 2.05) is 18.2 Å². The van der Waals surface area contributed by atoms with E-state index in [2.05, 4.69) is 37.5 Å². The van der Waals surface area contributed by atoms with Crippen molar-refractivity contribution >= 4 is 21.7 Å². The molecule has 2 aromatic heterocycles. The second kappa shape index (κ2) is 8.17. The Hall–Kier alpha value is -2.94. The third-order valence-corrected chi connectivity index (χ3v) is 5.53. The molecule has 2 N–H and O–H groups in total. The highest BCUT2D eigenvalue weighted by atomic mass is 32.2. The number of rotatable bonds is 8. The van der Waals surface area contributed by atoms with Crippen molar-refractivity contribution in [2.45, 2.75) is 31.6 Å². The molecule has 0 aliphatic carbocycles. The molecule has 2 heterocycles. The summed E-state index contributed by atoms with van der Waals surface area (Å²) >= 11 is 0. The first kappa shape index (κ1) is 18.8. The van der Waals surface area contributed by atoms with Gasteiger partial charge in [0.2, 0.25) is 0 Å². The van der Waals surface area contributed by atoms with Gasteiger partial charge in [0.25, 0.3) is 10.0 Å². The minimum absolute atomic E-state index is 0.0208. The summed E-state index contributed by atoms with van der Waals surface area (Å²) in [7, 11) is -3.82. The monoisotopic (exact) mass is 387 g/mol. The minimum Gasteiger partial charge on any atom is -0.369 e. The summed E-state index contributed by atoms with van der Waals surface area (Å²) in [6.07, 6.45) is 1.92. The van der Waals surface area contributed by atoms with Gasteiger partial charge in [-0.2, -0.15) is 0 Å². The van der Waals surface area contributed by atoms with Crippen LogP contribution in [0.2, 0.25) is 0 Å². The van der Waals surface area contributed by atoms with Gasteiger partial charge in [0.05, 0.1) is 0 Å². The molecule has 0 saturated heterocycles. The van der Waals surface area contributed by atoms with Crippen LogP contribution in [0.1, 0.15) is 23.4 Å². The Labute approximate surface area is 158 Å². The summed E-state index contributed by atoms with van der Waals surface area (Å²) in [5, 5.41) is 14.8. The normalized spacial score (nSPS) is 11.3. The van der Waals surface area contributed by atoms with E-state index in [4.69, 9.17) is 4.52 Å². The molecule has 0 aliphatic rings. The highest BCUT2D eigenvalue weighted by Crippen LogP contribution is 2.21. The lowest BCUT2D eigenvalue weighted by Crippen LogP contribution is -2.16. The molecule has 142 valence electrons. The van der Waals surface area contributed by atoms with E-state index in [9.17, 15) is 8.42 Å². The maximum absolute atomic E-state index is 12.4. The van der Waals surface area contributed by atoms with Crippen molar-refractivity contribution in [1.29, 1.82) is 0 Å². The molecular weight excluding hydrogens is 366 g/mol. The second-order valence-electron chi connectivity index (χ2n) is 6.08. The third kappa shape index (κ3) is 4.82. The third-order valence-electron chi connectivity index (χ3n) is 3.93. The van der Waals surface area contributed by atoms with Gasteiger partial charge in [-0.25, -0.2) is 8.42 Å². The van der Waals surface area contributed by atoms with Crippen LogP contribution in [0.25, 0.3) is 0 Å². The van der Waals surface area contributed by atoms with Crippen LogP contribution < -0.4 is 10.0 Å². The number of sulfonamides is 1. The van der Waals surface area contributed by atoms with Crippen LogP contribution >= 0.6 is 0 Å². The molecule has 1 aromatic carbocycles. The fourth-order valence-corrected chi connectivity index (χ4v) is 4.01. The number of hydrogen-bond acceptors (Lipinski definition) is 7. The van der Waals surface area contributed by atoms with Gasteiger partial charge >= 0.3 is 0 Å². The minimum atomic E-state index is -3.82. The van der Waals surface area contributed by atoms with Crippen molar-refractivity contribution in [1.82, 2.24) is 15.4 Å². The van der Waals surface area contributed by atoms with E-state index in [1.165, 1.54) is 5.56 Å². The van der Waals surface area contributed by atoms with Crippen LogP contribution in [0.3, 0.4) is 0 Å². The summed E-state index contributed by atoms with van der Waals surface area (Å²) in [5.41, 5.74) is 1.58. The number of aromatic nitrogens is 3. The lowest BCUT2D eigenvalue weighted by atomic mass is 10.1. The fraction of sp³-hybridized carbons (Fsp3) is 0.278. The van der Waals surface area contributed by atoms with Crippen molar-refractivity contribution in [3.63, 3.8) is 0 Å². The number of nitrogens with one attached hydrogen (secondary N) is 2. The molecule has 0 fully saturated rings. The molecule has 0 unspecified atom stereocenters. The molecule has 27 heavy (non-hydrogen) atoms. The number of aryl methyl sites for hydroxylation is 3. The largest absolute Gasteiger partial charge is 0.369 e. The van der Waals surface area contributed by atoms with E-state index in [-0.39, 0.29) is 16.5 Å². The zero-order valence-corrected chi connectivity index (χ0v) is 16.0. The standard InChI is InChI=1S/C18H21N5O3S/c1-13-18(14(2)26-22-13)27(24,25)23-17-11-10-16(20-21-17)19-12-6-9-15-7-4-3-5-8-15/h3-5,7-8,10-11H,6,9,12H2,1-2H3,(H,19,20)(H,21,23). The maximum atomic E-state index is 12.4. The van der Waals surface area contributed by atoms with Gasteiger partial charge in [0, 0.05) is 6.54 Å². The number of hydrogen-bond donors (Lipinski definition) is 2. The fourth-order valence-electron chi connectivity index (χ4n) is 2.68. The van der Waals surface area contributed by atoms with Crippen LogP contribution in [-0.4, -0.2) is 30.3 Å². The van der Waals surface area contributed by atoms with Crippen LogP contribution in [0.15, 0.2) is 51.9 Å². The van der Waals surface area contributed by atoms with Crippen molar-refractivity contribution in [3.05, 3.63) is 59.5 Å². The van der Waals surface area contributed by atoms with E-state index in [0.717, 1.165) is 19.4 Å². The van der Waals surface area contributed by atoms with Gasteiger partial charge in [-0.1, -0.05) is 35.5 Å². The molecule has 0 amide bonds. The van der Waals surface area contributed by atoms with E-state index >= 15 is 0 Å². The summed E-state index contributed by atoms with van der Waals surface area (Å²) in [5.74, 6) is 0.942. The van der Waals surface area contributed by atoms with Gasteiger partial charge in [-0.3, -0.25) is 4.72 Å². The SMILES string of the molecule is Cc1noc(C)c1S(=O)(=O)Nc1ccc(NCCCc2ccccc2)nn1. The highest BCUT2D eigenvalue weighted by molar-refractivity contribution is 7.92. The number of nitrogens with zero attached hydrogens (tertiary/aromatic N) is 3. The predicted molar refractivity (Wildman–Crippen MR) is 102 cm³/mol. The Morgan fingerprint density at radius 3 is 2.33 bits per heavy atom. The average Bonchev–Trinajstić information content (AvgIpc) is 3.00. The van der Waals surface area contributed by atoms with E-state index in [0.29, 0.717) is 11.5 Å². The molecule has 0 aliphatic heterocycles. The first-order valence-electron chi connectivity index (χ1n) is 8.53. The molecule has 0 radical (unpaired) electrons. The van der Waals surface area contributed by atoms with Gasteiger partial charge in [0.15, 0.2) is 16.5 Å². The maximum Gasteiger partial charge on any atom is 0.268 e. The van der Waals surface area contributed by atoms with Crippen LogP contribution in [-0.2, 0) is 16.4 Å².